The number of nitrogens with zero attached hydrogens (tertiary/aromatic N) is 5. The first kappa shape index (κ1) is 17.7. The van der Waals surface area contributed by atoms with E-state index in [4.69, 9.17) is 4.74 Å². The number of rotatable bonds is 6. The third kappa shape index (κ3) is 4.51. The maximum atomic E-state index is 12.0. The van der Waals surface area contributed by atoms with Crippen molar-refractivity contribution >= 4 is 28.1 Å². The largest absolute Gasteiger partial charge is 0.496 e. The molecule has 1 amide bonds. The minimum Gasteiger partial charge on any atom is -0.496 e. The molecule has 3 aromatic rings. The molecule has 26 heavy (non-hydrogen) atoms. The highest BCUT2D eigenvalue weighted by molar-refractivity contribution is 9.10. The van der Waals surface area contributed by atoms with Crippen molar-refractivity contribution in [1.29, 1.82) is 0 Å². The first-order valence-corrected chi connectivity index (χ1v) is 8.43. The molecule has 1 aromatic heterocycles. The van der Waals surface area contributed by atoms with Crippen LogP contribution in [0.25, 0.3) is 11.4 Å². The lowest BCUT2D eigenvalue weighted by molar-refractivity contribution is -0.122. The van der Waals surface area contributed by atoms with E-state index in [1.807, 2.05) is 42.5 Å². The first-order chi connectivity index (χ1) is 12.7. The molecule has 1 heterocycles. The van der Waals surface area contributed by atoms with Gasteiger partial charge in [0.25, 0.3) is 5.91 Å². The van der Waals surface area contributed by atoms with Gasteiger partial charge in [-0.3, -0.25) is 4.79 Å². The van der Waals surface area contributed by atoms with Gasteiger partial charge in [-0.1, -0.05) is 46.3 Å². The first-order valence-electron chi connectivity index (χ1n) is 7.64. The summed E-state index contributed by atoms with van der Waals surface area (Å²) in [7, 11) is 1.57. The van der Waals surface area contributed by atoms with Gasteiger partial charge in [0.15, 0.2) is 0 Å². The molecule has 0 radical (unpaired) electrons. The van der Waals surface area contributed by atoms with Crippen molar-refractivity contribution in [2.45, 2.75) is 6.54 Å². The van der Waals surface area contributed by atoms with Crippen LogP contribution in [0.2, 0.25) is 0 Å². The van der Waals surface area contributed by atoms with Crippen LogP contribution in [-0.4, -0.2) is 39.4 Å². The van der Waals surface area contributed by atoms with E-state index in [0.29, 0.717) is 11.6 Å². The zero-order valence-corrected chi connectivity index (χ0v) is 15.4. The molecule has 0 bridgehead atoms. The molecule has 0 saturated carbocycles. The molecule has 132 valence electrons. The Labute approximate surface area is 158 Å². The van der Waals surface area contributed by atoms with Gasteiger partial charge in [0.2, 0.25) is 5.82 Å². The quantitative estimate of drug-likeness (QED) is 0.493. The second kappa shape index (κ2) is 8.34. The Morgan fingerprint density at radius 2 is 2.12 bits per heavy atom. The van der Waals surface area contributed by atoms with Gasteiger partial charge in [0, 0.05) is 15.6 Å². The zero-order valence-electron chi connectivity index (χ0n) is 13.8. The number of tetrazole rings is 1. The second-order valence-electron chi connectivity index (χ2n) is 5.19. The molecular weight excluding hydrogens is 400 g/mol. The van der Waals surface area contributed by atoms with Crippen molar-refractivity contribution in [3.63, 3.8) is 0 Å². The van der Waals surface area contributed by atoms with E-state index in [0.717, 1.165) is 15.6 Å². The number of benzene rings is 2. The topological polar surface area (TPSA) is 94.3 Å². The third-order valence-corrected chi connectivity index (χ3v) is 3.85. The molecule has 2 aromatic carbocycles. The van der Waals surface area contributed by atoms with Gasteiger partial charge < -0.3 is 4.74 Å². The molecule has 0 fully saturated rings. The number of hydrazone groups is 1. The van der Waals surface area contributed by atoms with Crippen molar-refractivity contribution in [3.05, 3.63) is 58.6 Å². The number of ether oxygens (including phenoxy) is 1. The Morgan fingerprint density at radius 1 is 1.31 bits per heavy atom. The number of carbonyl (C=O) groups excluding carboxylic acids is 1. The predicted molar refractivity (Wildman–Crippen MR) is 99.7 cm³/mol. The molecule has 0 aliphatic carbocycles. The SMILES string of the molecule is COc1ccc(Br)cc1/C=N\NC(=O)Cn1nnc(-c2ccccc2)n1. The lowest BCUT2D eigenvalue weighted by Gasteiger charge is -2.04. The van der Waals surface area contributed by atoms with Crippen molar-refractivity contribution < 1.29 is 9.53 Å². The predicted octanol–water partition coefficient (Wildman–Crippen LogP) is 2.26. The smallest absolute Gasteiger partial charge is 0.263 e. The maximum Gasteiger partial charge on any atom is 0.263 e. The number of nitrogens with one attached hydrogen (secondary N) is 1. The number of amides is 1. The van der Waals surface area contributed by atoms with Gasteiger partial charge in [-0.2, -0.15) is 9.90 Å². The fourth-order valence-electron chi connectivity index (χ4n) is 2.16. The molecule has 0 aliphatic rings. The summed E-state index contributed by atoms with van der Waals surface area (Å²) in [6.07, 6.45) is 1.51. The number of aromatic nitrogens is 4. The van der Waals surface area contributed by atoms with Crippen LogP contribution in [-0.2, 0) is 11.3 Å². The Morgan fingerprint density at radius 3 is 2.88 bits per heavy atom. The van der Waals surface area contributed by atoms with Gasteiger partial charge in [-0.25, -0.2) is 5.43 Å². The summed E-state index contributed by atoms with van der Waals surface area (Å²) in [4.78, 5) is 13.2. The molecular formula is C17H15BrN6O2. The standard InChI is InChI=1S/C17H15BrN6O2/c1-26-15-8-7-14(18)9-13(15)10-19-20-16(25)11-24-22-17(21-23-24)12-5-3-2-4-6-12/h2-10H,11H2,1H3,(H,20,25)/b19-10-. The molecule has 0 aliphatic heterocycles. The van der Waals surface area contributed by atoms with Crippen LogP contribution >= 0.6 is 15.9 Å². The lowest BCUT2D eigenvalue weighted by Crippen LogP contribution is -2.24. The van der Waals surface area contributed by atoms with Crippen molar-refractivity contribution in [2.24, 2.45) is 5.10 Å². The summed E-state index contributed by atoms with van der Waals surface area (Å²) in [5.74, 6) is 0.740. The van der Waals surface area contributed by atoms with Crippen LogP contribution in [0.5, 0.6) is 5.75 Å². The third-order valence-electron chi connectivity index (χ3n) is 3.35. The number of carbonyl (C=O) groups is 1. The summed E-state index contributed by atoms with van der Waals surface area (Å²) in [6, 6.07) is 14.9. The number of methoxy groups -OCH3 is 1. The minimum atomic E-state index is -0.368. The number of hydrogen-bond donors (Lipinski definition) is 1. The van der Waals surface area contributed by atoms with Crippen LogP contribution in [0.4, 0.5) is 0 Å². The normalized spacial score (nSPS) is 10.8. The average Bonchev–Trinajstić information content (AvgIpc) is 3.11. The van der Waals surface area contributed by atoms with Crippen LogP contribution in [0.3, 0.4) is 0 Å². The van der Waals surface area contributed by atoms with E-state index in [1.165, 1.54) is 11.0 Å². The van der Waals surface area contributed by atoms with Crippen molar-refractivity contribution in [2.75, 3.05) is 7.11 Å². The van der Waals surface area contributed by atoms with Crippen LogP contribution in [0.15, 0.2) is 58.1 Å². The van der Waals surface area contributed by atoms with E-state index in [1.54, 1.807) is 13.2 Å². The van der Waals surface area contributed by atoms with Gasteiger partial charge in [-0.05, 0) is 23.4 Å². The molecule has 8 nitrogen and oxygen atoms in total. The van der Waals surface area contributed by atoms with E-state index in [2.05, 4.69) is 41.9 Å². The Kier molecular flexibility index (Phi) is 5.69. The maximum absolute atomic E-state index is 12.0. The second-order valence-corrected chi connectivity index (χ2v) is 6.10. The molecule has 0 atom stereocenters. The highest BCUT2D eigenvalue weighted by Crippen LogP contribution is 2.21. The molecule has 1 N–H and O–H groups in total. The monoisotopic (exact) mass is 414 g/mol. The van der Waals surface area contributed by atoms with Crippen LogP contribution in [0.1, 0.15) is 5.56 Å². The summed E-state index contributed by atoms with van der Waals surface area (Å²) >= 11 is 3.38. The highest BCUT2D eigenvalue weighted by atomic mass is 79.9. The highest BCUT2D eigenvalue weighted by Gasteiger charge is 2.08. The van der Waals surface area contributed by atoms with E-state index >= 15 is 0 Å². The summed E-state index contributed by atoms with van der Waals surface area (Å²) < 4.78 is 6.12. The van der Waals surface area contributed by atoms with E-state index in [-0.39, 0.29) is 12.5 Å². The van der Waals surface area contributed by atoms with Crippen LogP contribution in [0, 0.1) is 0 Å². The number of halogens is 1. The lowest BCUT2D eigenvalue weighted by atomic mass is 10.2. The fraction of sp³-hybridized carbons (Fsp3) is 0.118. The average molecular weight is 415 g/mol. The number of hydrogen-bond acceptors (Lipinski definition) is 6. The summed E-state index contributed by atoms with van der Waals surface area (Å²) in [5.41, 5.74) is 3.99. The van der Waals surface area contributed by atoms with Crippen molar-refractivity contribution in [1.82, 2.24) is 25.6 Å². The Hall–Kier alpha value is -3.07. The van der Waals surface area contributed by atoms with E-state index in [9.17, 15) is 4.79 Å². The summed E-state index contributed by atoms with van der Waals surface area (Å²) in [5, 5.41) is 15.9. The van der Waals surface area contributed by atoms with Gasteiger partial charge in [-0.15, -0.1) is 10.2 Å². The van der Waals surface area contributed by atoms with Crippen molar-refractivity contribution in [3.8, 4) is 17.1 Å². The van der Waals surface area contributed by atoms with Gasteiger partial charge in [0.05, 0.1) is 13.3 Å². The fourth-order valence-corrected chi connectivity index (χ4v) is 2.54. The minimum absolute atomic E-state index is 0.0905. The Bertz CT molecular complexity index is 926. The van der Waals surface area contributed by atoms with E-state index < -0.39 is 0 Å². The summed E-state index contributed by atoms with van der Waals surface area (Å²) in [6.45, 7) is -0.0905. The molecule has 3 rings (SSSR count). The molecule has 9 heteroatoms. The Balaban J connectivity index is 1.60. The molecule has 0 saturated heterocycles. The van der Waals surface area contributed by atoms with Crippen LogP contribution < -0.4 is 10.2 Å². The molecule has 0 unspecified atom stereocenters. The molecule has 0 spiro atoms. The zero-order chi connectivity index (χ0) is 18.4. The van der Waals surface area contributed by atoms with Gasteiger partial charge in [0.1, 0.15) is 12.3 Å². The van der Waals surface area contributed by atoms with Gasteiger partial charge >= 0.3 is 0 Å².